The van der Waals surface area contributed by atoms with Crippen LogP contribution in [0.25, 0.3) is 0 Å². The minimum Gasteiger partial charge on any atom is -0.393 e. The first-order valence-electron chi connectivity index (χ1n) is 6.00. The molecular formula is C10H18N6O2. The zero-order valence-corrected chi connectivity index (χ0v) is 10.1. The smallest absolute Gasteiger partial charge is 0.287 e. The normalized spacial score (nSPS) is 17.9. The van der Waals surface area contributed by atoms with Crippen LogP contribution >= 0.6 is 0 Å². The van der Waals surface area contributed by atoms with E-state index in [1.54, 1.807) is 10.9 Å². The van der Waals surface area contributed by atoms with Crippen molar-refractivity contribution in [3.05, 3.63) is 11.9 Å². The Morgan fingerprint density at radius 3 is 2.89 bits per heavy atom. The number of carbonyl (C=O) groups excluding carboxylic acids is 1. The summed E-state index contributed by atoms with van der Waals surface area (Å²) < 4.78 is 1.62. The highest BCUT2D eigenvalue weighted by molar-refractivity contribution is 5.91. The van der Waals surface area contributed by atoms with Gasteiger partial charge in [-0.25, -0.2) is 5.84 Å². The summed E-state index contributed by atoms with van der Waals surface area (Å²) in [5.74, 6) is 4.57. The van der Waals surface area contributed by atoms with Crippen molar-refractivity contribution in [3.63, 3.8) is 0 Å². The van der Waals surface area contributed by atoms with Crippen LogP contribution in [0.2, 0.25) is 0 Å². The van der Waals surface area contributed by atoms with Crippen LogP contribution in [-0.4, -0.2) is 56.6 Å². The van der Waals surface area contributed by atoms with E-state index in [-0.39, 0.29) is 11.8 Å². The number of piperidine rings is 1. The topological polar surface area (TPSA) is 109 Å². The summed E-state index contributed by atoms with van der Waals surface area (Å²) in [6.45, 7) is 3.29. The summed E-state index contributed by atoms with van der Waals surface area (Å²) in [5, 5.41) is 17.0. The average molecular weight is 254 g/mol. The lowest BCUT2D eigenvalue weighted by Gasteiger charge is -2.29. The molecule has 1 saturated heterocycles. The van der Waals surface area contributed by atoms with Crippen molar-refractivity contribution in [1.29, 1.82) is 0 Å². The van der Waals surface area contributed by atoms with E-state index in [0.29, 0.717) is 6.54 Å². The molecule has 0 saturated carbocycles. The van der Waals surface area contributed by atoms with E-state index in [0.717, 1.165) is 32.5 Å². The Morgan fingerprint density at radius 2 is 2.22 bits per heavy atom. The Balaban J connectivity index is 1.79. The van der Waals surface area contributed by atoms with E-state index in [1.807, 2.05) is 5.43 Å². The Morgan fingerprint density at radius 1 is 1.50 bits per heavy atom. The highest BCUT2D eigenvalue weighted by Crippen LogP contribution is 2.09. The van der Waals surface area contributed by atoms with Crippen LogP contribution in [0.4, 0.5) is 0 Å². The number of nitrogens with zero attached hydrogens (tertiary/aromatic N) is 4. The van der Waals surface area contributed by atoms with E-state index >= 15 is 0 Å². The Labute approximate surface area is 105 Å². The minimum absolute atomic E-state index is 0.160. The summed E-state index contributed by atoms with van der Waals surface area (Å²) >= 11 is 0. The van der Waals surface area contributed by atoms with Crippen LogP contribution in [-0.2, 0) is 6.54 Å². The van der Waals surface area contributed by atoms with Crippen LogP contribution in [0.5, 0.6) is 0 Å². The molecule has 1 fully saturated rings. The summed E-state index contributed by atoms with van der Waals surface area (Å²) in [5.41, 5.74) is 2.23. The van der Waals surface area contributed by atoms with Gasteiger partial charge in [0.15, 0.2) is 5.69 Å². The molecule has 0 radical (unpaired) electrons. The van der Waals surface area contributed by atoms with Crippen molar-refractivity contribution in [3.8, 4) is 0 Å². The fraction of sp³-hybridized carbons (Fsp3) is 0.700. The maximum absolute atomic E-state index is 11.2. The number of carbonyl (C=O) groups is 1. The molecule has 8 heteroatoms. The molecule has 1 aromatic rings. The van der Waals surface area contributed by atoms with Gasteiger partial charge in [0.2, 0.25) is 0 Å². The van der Waals surface area contributed by atoms with Crippen molar-refractivity contribution in [2.24, 2.45) is 5.84 Å². The Hall–Kier alpha value is -1.51. The van der Waals surface area contributed by atoms with Gasteiger partial charge in [0.1, 0.15) is 0 Å². The predicted octanol–water partition coefficient (Wildman–Crippen LogP) is -1.66. The minimum atomic E-state index is -0.442. The molecular weight excluding hydrogens is 236 g/mol. The fourth-order valence-corrected chi connectivity index (χ4v) is 1.97. The number of aliphatic hydroxyl groups is 1. The summed E-state index contributed by atoms with van der Waals surface area (Å²) in [4.78, 5) is 13.4. The van der Waals surface area contributed by atoms with Gasteiger partial charge in [-0.1, -0.05) is 5.21 Å². The molecule has 1 amide bonds. The van der Waals surface area contributed by atoms with Gasteiger partial charge in [-0.15, -0.1) is 5.10 Å². The first-order valence-corrected chi connectivity index (χ1v) is 6.00. The van der Waals surface area contributed by atoms with E-state index in [4.69, 9.17) is 5.84 Å². The number of hydrazine groups is 1. The number of aromatic nitrogens is 3. The molecule has 0 atom stereocenters. The van der Waals surface area contributed by atoms with Gasteiger partial charge in [0.25, 0.3) is 5.91 Å². The van der Waals surface area contributed by atoms with Crippen LogP contribution in [0, 0.1) is 0 Å². The molecule has 0 unspecified atom stereocenters. The van der Waals surface area contributed by atoms with Crippen LogP contribution in [0.1, 0.15) is 23.3 Å². The second-order valence-electron chi connectivity index (χ2n) is 4.41. The van der Waals surface area contributed by atoms with Gasteiger partial charge >= 0.3 is 0 Å². The Bertz CT molecular complexity index is 399. The SMILES string of the molecule is NNC(=O)c1cn(CCN2CCC(O)CC2)nn1. The number of nitrogens with one attached hydrogen (secondary N) is 1. The van der Waals surface area contributed by atoms with E-state index in [9.17, 15) is 9.90 Å². The molecule has 100 valence electrons. The van der Waals surface area contributed by atoms with Gasteiger partial charge in [-0.2, -0.15) is 0 Å². The monoisotopic (exact) mass is 254 g/mol. The third-order valence-electron chi connectivity index (χ3n) is 3.10. The molecule has 8 nitrogen and oxygen atoms in total. The summed E-state index contributed by atoms with van der Waals surface area (Å²) in [6, 6.07) is 0. The van der Waals surface area contributed by atoms with Crippen molar-refractivity contribution in [1.82, 2.24) is 25.3 Å². The molecule has 2 heterocycles. The van der Waals surface area contributed by atoms with Crippen LogP contribution < -0.4 is 11.3 Å². The number of likely N-dealkylation sites (tertiary alicyclic amines) is 1. The highest BCUT2D eigenvalue weighted by atomic mass is 16.3. The molecule has 0 aromatic carbocycles. The van der Waals surface area contributed by atoms with Gasteiger partial charge in [-0.05, 0) is 12.8 Å². The van der Waals surface area contributed by atoms with Crippen LogP contribution in [0.3, 0.4) is 0 Å². The zero-order chi connectivity index (χ0) is 13.0. The molecule has 0 spiro atoms. The lowest BCUT2D eigenvalue weighted by atomic mass is 10.1. The highest BCUT2D eigenvalue weighted by Gasteiger charge is 2.16. The number of nitrogen functional groups attached to an aromatic ring is 1. The van der Waals surface area contributed by atoms with Gasteiger partial charge in [0.05, 0.1) is 18.8 Å². The van der Waals surface area contributed by atoms with Crippen molar-refractivity contribution in [2.75, 3.05) is 19.6 Å². The number of nitrogens with two attached hydrogens (primary N) is 1. The van der Waals surface area contributed by atoms with E-state index < -0.39 is 5.91 Å². The standard InChI is InChI=1S/C10H18N6O2/c11-12-10(18)9-7-16(14-13-9)6-5-15-3-1-8(17)2-4-15/h7-8,17H,1-6,11H2,(H,12,18). The zero-order valence-electron chi connectivity index (χ0n) is 10.1. The van der Waals surface area contributed by atoms with Crippen molar-refractivity contribution < 1.29 is 9.90 Å². The number of rotatable bonds is 4. The third kappa shape index (κ3) is 3.25. The van der Waals surface area contributed by atoms with Gasteiger partial charge in [-0.3, -0.25) is 14.9 Å². The second-order valence-corrected chi connectivity index (χ2v) is 4.41. The molecule has 1 aliphatic rings. The lowest BCUT2D eigenvalue weighted by molar-refractivity contribution is 0.0804. The average Bonchev–Trinajstić information content (AvgIpc) is 2.86. The molecule has 1 aromatic heterocycles. The van der Waals surface area contributed by atoms with Gasteiger partial charge in [0, 0.05) is 19.6 Å². The number of aliphatic hydroxyl groups excluding tert-OH is 1. The fourth-order valence-electron chi connectivity index (χ4n) is 1.97. The molecule has 4 N–H and O–H groups in total. The summed E-state index contributed by atoms with van der Waals surface area (Å²) in [7, 11) is 0. The number of hydrogen-bond donors (Lipinski definition) is 3. The predicted molar refractivity (Wildman–Crippen MR) is 63.4 cm³/mol. The molecule has 2 rings (SSSR count). The van der Waals surface area contributed by atoms with Crippen molar-refractivity contribution >= 4 is 5.91 Å². The van der Waals surface area contributed by atoms with Gasteiger partial charge < -0.3 is 10.0 Å². The van der Waals surface area contributed by atoms with E-state index in [2.05, 4.69) is 15.2 Å². The second kappa shape index (κ2) is 5.89. The number of hydrogen-bond acceptors (Lipinski definition) is 6. The molecule has 0 aliphatic carbocycles. The molecule has 1 aliphatic heterocycles. The largest absolute Gasteiger partial charge is 0.393 e. The molecule has 18 heavy (non-hydrogen) atoms. The number of amides is 1. The lowest BCUT2D eigenvalue weighted by Crippen LogP contribution is -2.37. The maximum Gasteiger partial charge on any atom is 0.287 e. The third-order valence-corrected chi connectivity index (χ3v) is 3.10. The quantitative estimate of drug-likeness (QED) is 0.337. The maximum atomic E-state index is 11.2. The summed E-state index contributed by atoms with van der Waals surface area (Å²) in [6.07, 6.45) is 3.05. The van der Waals surface area contributed by atoms with E-state index in [1.165, 1.54) is 0 Å². The van der Waals surface area contributed by atoms with Crippen LogP contribution in [0.15, 0.2) is 6.20 Å². The first-order chi connectivity index (χ1) is 8.69. The molecule has 0 bridgehead atoms. The Kier molecular flexibility index (Phi) is 4.24. The first kappa shape index (κ1) is 12.9. The van der Waals surface area contributed by atoms with Crippen molar-refractivity contribution in [2.45, 2.75) is 25.5 Å².